The number of amides is 2. The number of rotatable bonds is 4. The fraction of sp³-hybridized carbons (Fsp3) is 0.222. The molecule has 0 atom stereocenters. The topological polar surface area (TPSA) is 58.2 Å². The Morgan fingerprint density at radius 1 is 0.957 bits per heavy atom. The zero-order chi connectivity index (χ0) is 17.0. The minimum absolute atomic E-state index is 0.0679. The number of hydrogen-bond acceptors (Lipinski definition) is 2. The number of benzene rings is 2. The van der Waals surface area contributed by atoms with Crippen LogP contribution in [0, 0.1) is 6.92 Å². The van der Waals surface area contributed by atoms with Crippen molar-refractivity contribution in [1.29, 1.82) is 0 Å². The second kappa shape index (κ2) is 7.29. The second-order valence-corrected chi connectivity index (χ2v) is 6.06. The van der Waals surface area contributed by atoms with E-state index in [-0.39, 0.29) is 17.9 Å². The molecule has 23 heavy (non-hydrogen) atoms. The second-order valence-electron chi connectivity index (χ2n) is 5.62. The van der Waals surface area contributed by atoms with Crippen LogP contribution >= 0.6 is 11.6 Å². The molecule has 5 heteroatoms. The zero-order valence-corrected chi connectivity index (χ0v) is 14.1. The number of halogens is 1. The van der Waals surface area contributed by atoms with Gasteiger partial charge in [-0.2, -0.15) is 0 Å². The molecule has 2 rings (SSSR count). The molecule has 2 aromatic carbocycles. The number of aryl methyl sites for hydroxylation is 1. The van der Waals surface area contributed by atoms with Gasteiger partial charge in [-0.15, -0.1) is 0 Å². The van der Waals surface area contributed by atoms with E-state index in [2.05, 4.69) is 10.6 Å². The highest BCUT2D eigenvalue weighted by atomic mass is 35.5. The first-order valence-corrected chi connectivity index (χ1v) is 7.73. The van der Waals surface area contributed by atoms with E-state index in [0.29, 0.717) is 21.8 Å². The molecule has 2 N–H and O–H groups in total. The maximum absolute atomic E-state index is 12.3. The number of hydrogen-bond donors (Lipinski definition) is 2. The van der Waals surface area contributed by atoms with Crippen LogP contribution in [0.1, 0.15) is 40.1 Å². The average molecular weight is 331 g/mol. The Labute approximate surface area is 140 Å². The standard InChI is InChI=1S/C18H19ClN2O2/c1-11(2)20-17(22)13-4-6-14(7-5-13)18(23)21-16-9-8-15(19)10-12(16)3/h4-11H,1-3H3,(H,20,22)(H,21,23). The van der Waals surface area contributed by atoms with E-state index in [9.17, 15) is 9.59 Å². The number of carbonyl (C=O) groups excluding carboxylic acids is 2. The van der Waals surface area contributed by atoms with E-state index < -0.39 is 0 Å². The Balaban J connectivity index is 2.09. The van der Waals surface area contributed by atoms with Crippen LogP contribution in [-0.4, -0.2) is 17.9 Å². The van der Waals surface area contributed by atoms with E-state index in [1.165, 1.54) is 0 Å². The lowest BCUT2D eigenvalue weighted by molar-refractivity contribution is 0.0941. The first-order valence-electron chi connectivity index (χ1n) is 7.35. The van der Waals surface area contributed by atoms with Crippen molar-refractivity contribution in [3.8, 4) is 0 Å². The van der Waals surface area contributed by atoms with Crippen LogP contribution in [-0.2, 0) is 0 Å². The third kappa shape index (κ3) is 4.57. The van der Waals surface area contributed by atoms with Crippen molar-refractivity contribution >= 4 is 29.1 Å². The fourth-order valence-corrected chi connectivity index (χ4v) is 2.31. The summed E-state index contributed by atoms with van der Waals surface area (Å²) in [6.07, 6.45) is 0. The largest absolute Gasteiger partial charge is 0.350 e. The van der Waals surface area contributed by atoms with Gasteiger partial charge in [0.2, 0.25) is 0 Å². The first-order chi connectivity index (χ1) is 10.9. The van der Waals surface area contributed by atoms with Gasteiger partial charge in [-0.3, -0.25) is 9.59 Å². The van der Waals surface area contributed by atoms with Gasteiger partial charge in [0.25, 0.3) is 11.8 Å². The molecule has 0 saturated carbocycles. The maximum atomic E-state index is 12.3. The van der Waals surface area contributed by atoms with Crippen LogP contribution in [0.15, 0.2) is 42.5 Å². The van der Waals surface area contributed by atoms with Crippen molar-refractivity contribution in [3.63, 3.8) is 0 Å². The van der Waals surface area contributed by atoms with Crippen LogP contribution in [0.3, 0.4) is 0 Å². The summed E-state index contributed by atoms with van der Waals surface area (Å²) in [7, 11) is 0. The van der Waals surface area contributed by atoms with Gasteiger partial charge >= 0.3 is 0 Å². The molecule has 0 aromatic heterocycles. The summed E-state index contributed by atoms with van der Waals surface area (Å²) in [5.74, 6) is -0.383. The molecule has 2 aromatic rings. The van der Waals surface area contributed by atoms with E-state index in [0.717, 1.165) is 5.56 Å². The van der Waals surface area contributed by atoms with Gasteiger partial charge in [0.05, 0.1) is 0 Å². The molecule has 0 heterocycles. The van der Waals surface area contributed by atoms with Gasteiger partial charge in [-0.05, 0) is 68.8 Å². The van der Waals surface area contributed by atoms with E-state index in [1.54, 1.807) is 42.5 Å². The Morgan fingerprint density at radius 2 is 1.52 bits per heavy atom. The minimum Gasteiger partial charge on any atom is -0.350 e. The molecule has 0 aliphatic heterocycles. The van der Waals surface area contributed by atoms with E-state index in [4.69, 9.17) is 11.6 Å². The Kier molecular flexibility index (Phi) is 5.40. The van der Waals surface area contributed by atoms with Crippen LogP contribution in [0.2, 0.25) is 5.02 Å². The highest BCUT2D eigenvalue weighted by molar-refractivity contribution is 6.30. The highest BCUT2D eigenvalue weighted by Gasteiger charge is 2.11. The fourth-order valence-electron chi connectivity index (χ4n) is 2.08. The van der Waals surface area contributed by atoms with Gasteiger partial charge in [0.1, 0.15) is 0 Å². The molecule has 0 aliphatic carbocycles. The summed E-state index contributed by atoms with van der Waals surface area (Å²) < 4.78 is 0. The van der Waals surface area contributed by atoms with Crippen molar-refractivity contribution in [2.24, 2.45) is 0 Å². The van der Waals surface area contributed by atoms with Gasteiger partial charge in [-0.25, -0.2) is 0 Å². The monoisotopic (exact) mass is 330 g/mol. The number of anilines is 1. The molecule has 0 aliphatic rings. The smallest absolute Gasteiger partial charge is 0.255 e. The Morgan fingerprint density at radius 3 is 2.04 bits per heavy atom. The average Bonchev–Trinajstić information content (AvgIpc) is 2.49. The third-order valence-corrected chi connectivity index (χ3v) is 3.50. The lowest BCUT2D eigenvalue weighted by Gasteiger charge is -2.10. The van der Waals surface area contributed by atoms with Crippen molar-refractivity contribution in [1.82, 2.24) is 5.32 Å². The van der Waals surface area contributed by atoms with Crippen molar-refractivity contribution in [3.05, 3.63) is 64.2 Å². The Hall–Kier alpha value is -2.33. The van der Waals surface area contributed by atoms with Crippen molar-refractivity contribution in [2.45, 2.75) is 26.8 Å². The molecule has 0 saturated heterocycles. The molecular formula is C18H19ClN2O2. The summed E-state index contributed by atoms with van der Waals surface area (Å²) in [6.45, 7) is 5.67. The van der Waals surface area contributed by atoms with Gasteiger partial charge in [0, 0.05) is 27.9 Å². The van der Waals surface area contributed by atoms with Crippen molar-refractivity contribution < 1.29 is 9.59 Å². The summed E-state index contributed by atoms with van der Waals surface area (Å²) in [5, 5.41) is 6.27. The third-order valence-electron chi connectivity index (χ3n) is 3.27. The maximum Gasteiger partial charge on any atom is 0.255 e. The lowest BCUT2D eigenvalue weighted by Crippen LogP contribution is -2.30. The van der Waals surface area contributed by atoms with E-state index >= 15 is 0 Å². The predicted octanol–water partition coefficient (Wildman–Crippen LogP) is 4.04. The SMILES string of the molecule is Cc1cc(Cl)ccc1NC(=O)c1ccc(C(=O)NC(C)C)cc1. The first kappa shape index (κ1) is 17.0. The van der Waals surface area contributed by atoms with Crippen molar-refractivity contribution in [2.75, 3.05) is 5.32 Å². The number of carbonyl (C=O) groups is 2. The van der Waals surface area contributed by atoms with Gasteiger partial charge in [-0.1, -0.05) is 11.6 Å². The Bertz CT molecular complexity index is 724. The van der Waals surface area contributed by atoms with E-state index in [1.807, 2.05) is 20.8 Å². The molecule has 0 unspecified atom stereocenters. The van der Waals surface area contributed by atoms with Crippen LogP contribution < -0.4 is 10.6 Å². The quantitative estimate of drug-likeness (QED) is 0.888. The molecule has 0 fully saturated rings. The summed E-state index contributed by atoms with van der Waals surface area (Å²) in [6, 6.07) is 11.9. The highest BCUT2D eigenvalue weighted by Crippen LogP contribution is 2.20. The number of nitrogens with one attached hydrogen (secondary N) is 2. The normalized spacial score (nSPS) is 10.5. The molecule has 120 valence electrons. The van der Waals surface area contributed by atoms with Gasteiger partial charge in [0.15, 0.2) is 0 Å². The predicted molar refractivity (Wildman–Crippen MR) is 93.2 cm³/mol. The van der Waals surface area contributed by atoms with Crippen LogP contribution in [0.25, 0.3) is 0 Å². The molecule has 2 amide bonds. The molecule has 0 radical (unpaired) electrons. The minimum atomic E-state index is -0.230. The van der Waals surface area contributed by atoms with Gasteiger partial charge < -0.3 is 10.6 Å². The van der Waals surface area contributed by atoms with Crippen LogP contribution in [0.4, 0.5) is 5.69 Å². The molecule has 4 nitrogen and oxygen atoms in total. The lowest BCUT2D eigenvalue weighted by atomic mass is 10.1. The summed E-state index contributed by atoms with van der Waals surface area (Å²) in [5.41, 5.74) is 2.61. The summed E-state index contributed by atoms with van der Waals surface area (Å²) in [4.78, 5) is 24.1. The molecular weight excluding hydrogens is 312 g/mol. The molecule has 0 spiro atoms. The summed E-state index contributed by atoms with van der Waals surface area (Å²) >= 11 is 5.90. The van der Waals surface area contributed by atoms with Crippen LogP contribution in [0.5, 0.6) is 0 Å². The molecule has 0 bridgehead atoms. The zero-order valence-electron chi connectivity index (χ0n) is 13.3.